The van der Waals surface area contributed by atoms with Crippen LogP contribution in [0.25, 0.3) is 0 Å². The number of rotatable bonds is 7. The van der Waals surface area contributed by atoms with Crippen LogP contribution in [0.4, 0.5) is 0 Å². The first kappa shape index (κ1) is 15.6. The van der Waals surface area contributed by atoms with Crippen LogP contribution in [0.1, 0.15) is 24.8 Å². The van der Waals surface area contributed by atoms with Crippen molar-refractivity contribution in [3.8, 4) is 5.75 Å². The molecule has 0 aromatic heterocycles. The van der Waals surface area contributed by atoms with Gasteiger partial charge in [0.1, 0.15) is 5.75 Å². The maximum absolute atomic E-state index is 11.8. The molecule has 0 saturated carbocycles. The topological polar surface area (TPSA) is 50.4 Å². The van der Waals surface area contributed by atoms with Gasteiger partial charge in [0.25, 0.3) is 0 Å². The van der Waals surface area contributed by atoms with E-state index < -0.39 is 0 Å². The average molecular weight is 288 g/mol. The minimum absolute atomic E-state index is 0.0390. The van der Waals surface area contributed by atoms with E-state index in [1.54, 1.807) is 7.11 Å². The Hall–Kier alpha value is -1.81. The van der Waals surface area contributed by atoms with Gasteiger partial charge in [0, 0.05) is 6.54 Å². The SMILES string of the molecule is COc1ccc(CNC(=O)CNCC2CC=CCC2)cc1. The molecule has 2 rings (SSSR count). The van der Waals surface area contributed by atoms with Gasteiger partial charge in [-0.05, 0) is 49.4 Å². The maximum Gasteiger partial charge on any atom is 0.234 e. The molecule has 0 radical (unpaired) electrons. The highest BCUT2D eigenvalue weighted by Gasteiger charge is 2.09. The second-order valence-corrected chi connectivity index (χ2v) is 5.41. The molecule has 0 heterocycles. The lowest BCUT2D eigenvalue weighted by Gasteiger charge is -2.17. The van der Waals surface area contributed by atoms with Gasteiger partial charge in [-0.1, -0.05) is 24.3 Å². The largest absolute Gasteiger partial charge is 0.497 e. The van der Waals surface area contributed by atoms with Gasteiger partial charge in [0.15, 0.2) is 0 Å². The molecule has 114 valence electrons. The third-order valence-corrected chi connectivity index (χ3v) is 3.74. The van der Waals surface area contributed by atoms with Crippen molar-refractivity contribution in [2.75, 3.05) is 20.2 Å². The van der Waals surface area contributed by atoms with E-state index in [2.05, 4.69) is 22.8 Å². The average Bonchev–Trinajstić information content (AvgIpc) is 2.54. The van der Waals surface area contributed by atoms with Crippen molar-refractivity contribution >= 4 is 5.91 Å². The first-order valence-electron chi connectivity index (χ1n) is 7.53. The van der Waals surface area contributed by atoms with Crippen molar-refractivity contribution in [2.24, 2.45) is 5.92 Å². The summed E-state index contributed by atoms with van der Waals surface area (Å²) in [5.41, 5.74) is 1.07. The molecule has 1 atom stereocenters. The molecular weight excluding hydrogens is 264 g/mol. The zero-order chi connectivity index (χ0) is 14.9. The maximum atomic E-state index is 11.8. The van der Waals surface area contributed by atoms with Crippen LogP contribution in [0, 0.1) is 5.92 Å². The summed E-state index contributed by atoms with van der Waals surface area (Å²) in [6, 6.07) is 7.72. The molecule has 2 N–H and O–H groups in total. The fraction of sp³-hybridized carbons (Fsp3) is 0.471. The molecule has 4 heteroatoms. The summed E-state index contributed by atoms with van der Waals surface area (Å²) in [4.78, 5) is 11.8. The smallest absolute Gasteiger partial charge is 0.234 e. The quantitative estimate of drug-likeness (QED) is 0.757. The van der Waals surface area contributed by atoms with Gasteiger partial charge in [0.05, 0.1) is 13.7 Å². The van der Waals surface area contributed by atoms with Gasteiger partial charge in [-0.15, -0.1) is 0 Å². The molecule has 4 nitrogen and oxygen atoms in total. The van der Waals surface area contributed by atoms with Crippen LogP contribution in [-0.4, -0.2) is 26.1 Å². The molecule has 0 fully saturated rings. The molecule has 1 aliphatic carbocycles. The number of methoxy groups -OCH3 is 1. The van der Waals surface area contributed by atoms with Crippen molar-refractivity contribution in [1.29, 1.82) is 0 Å². The zero-order valence-electron chi connectivity index (χ0n) is 12.6. The van der Waals surface area contributed by atoms with Crippen molar-refractivity contribution in [2.45, 2.75) is 25.8 Å². The van der Waals surface area contributed by atoms with Crippen LogP contribution >= 0.6 is 0 Å². The minimum Gasteiger partial charge on any atom is -0.497 e. The standard InChI is InChI=1S/C17H24N2O2/c1-21-16-9-7-15(8-10-16)12-19-17(20)13-18-11-14-5-3-2-4-6-14/h2-3,7-10,14,18H,4-6,11-13H2,1H3,(H,19,20). The molecule has 1 unspecified atom stereocenters. The fourth-order valence-electron chi connectivity index (χ4n) is 2.44. The predicted molar refractivity (Wildman–Crippen MR) is 84.2 cm³/mol. The van der Waals surface area contributed by atoms with Crippen molar-refractivity contribution in [3.63, 3.8) is 0 Å². The minimum atomic E-state index is 0.0390. The van der Waals surface area contributed by atoms with Gasteiger partial charge in [-0.25, -0.2) is 0 Å². The van der Waals surface area contributed by atoms with E-state index in [1.165, 1.54) is 6.42 Å². The third-order valence-electron chi connectivity index (χ3n) is 3.74. The van der Waals surface area contributed by atoms with E-state index in [1.807, 2.05) is 24.3 Å². The number of ether oxygens (including phenoxy) is 1. The van der Waals surface area contributed by atoms with Gasteiger partial charge in [-0.3, -0.25) is 4.79 Å². The first-order chi connectivity index (χ1) is 10.3. The van der Waals surface area contributed by atoms with E-state index in [0.29, 0.717) is 19.0 Å². The van der Waals surface area contributed by atoms with Crippen LogP contribution in [0.2, 0.25) is 0 Å². The lowest BCUT2D eigenvalue weighted by Crippen LogP contribution is -2.35. The zero-order valence-corrected chi connectivity index (χ0v) is 12.6. The molecule has 21 heavy (non-hydrogen) atoms. The predicted octanol–water partition coefficient (Wildman–Crippen LogP) is 2.26. The van der Waals surface area contributed by atoms with Crippen LogP contribution in [0.3, 0.4) is 0 Å². The number of benzene rings is 1. The second-order valence-electron chi connectivity index (χ2n) is 5.41. The fourth-order valence-corrected chi connectivity index (χ4v) is 2.44. The molecule has 0 bridgehead atoms. The molecule has 1 aromatic rings. The number of nitrogens with one attached hydrogen (secondary N) is 2. The Morgan fingerprint density at radius 2 is 2.10 bits per heavy atom. The van der Waals surface area contributed by atoms with E-state index in [9.17, 15) is 4.79 Å². The summed E-state index contributed by atoms with van der Waals surface area (Å²) >= 11 is 0. The number of carbonyl (C=O) groups excluding carboxylic acids is 1. The number of amides is 1. The number of allylic oxidation sites excluding steroid dienone is 2. The van der Waals surface area contributed by atoms with Crippen LogP contribution in [0.5, 0.6) is 5.75 Å². The van der Waals surface area contributed by atoms with E-state index in [0.717, 1.165) is 30.7 Å². The third kappa shape index (κ3) is 5.60. The number of carbonyl (C=O) groups is 1. The second kappa shape index (κ2) is 8.47. The van der Waals surface area contributed by atoms with E-state index in [4.69, 9.17) is 4.74 Å². The van der Waals surface area contributed by atoms with Gasteiger partial charge < -0.3 is 15.4 Å². The Balaban J connectivity index is 1.61. The Bertz CT molecular complexity index is 468. The number of hydrogen-bond donors (Lipinski definition) is 2. The van der Waals surface area contributed by atoms with Gasteiger partial charge >= 0.3 is 0 Å². The molecular formula is C17H24N2O2. The lowest BCUT2D eigenvalue weighted by molar-refractivity contribution is -0.120. The highest BCUT2D eigenvalue weighted by atomic mass is 16.5. The molecule has 1 aliphatic rings. The summed E-state index contributed by atoms with van der Waals surface area (Å²) < 4.78 is 5.10. The molecule has 1 amide bonds. The van der Waals surface area contributed by atoms with Gasteiger partial charge in [-0.2, -0.15) is 0 Å². The normalized spacial score (nSPS) is 17.5. The molecule has 0 saturated heterocycles. The molecule has 0 aliphatic heterocycles. The summed E-state index contributed by atoms with van der Waals surface area (Å²) in [6.07, 6.45) is 7.98. The van der Waals surface area contributed by atoms with E-state index in [-0.39, 0.29) is 5.91 Å². The monoisotopic (exact) mass is 288 g/mol. The first-order valence-corrected chi connectivity index (χ1v) is 7.53. The van der Waals surface area contributed by atoms with Crippen LogP contribution in [-0.2, 0) is 11.3 Å². The Labute approximate surface area is 126 Å². The summed E-state index contributed by atoms with van der Waals surface area (Å²) in [7, 11) is 1.64. The van der Waals surface area contributed by atoms with Crippen LogP contribution < -0.4 is 15.4 Å². The lowest BCUT2D eigenvalue weighted by atomic mass is 9.94. The molecule has 1 aromatic carbocycles. The summed E-state index contributed by atoms with van der Waals surface area (Å²) in [5, 5.41) is 6.16. The Kier molecular flexibility index (Phi) is 6.28. The van der Waals surface area contributed by atoms with Crippen molar-refractivity contribution < 1.29 is 9.53 Å². The Morgan fingerprint density at radius 3 is 2.76 bits per heavy atom. The van der Waals surface area contributed by atoms with Crippen LogP contribution in [0.15, 0.2) is 36.4 Å². The highest BCUT2D eigenvalue weighted by molar-refractivity contribution is 5.77. The van der Waals surface area contributed by atoms with E-state index >= 15 is 0 Å². The summed E-state index contributed by atoms with van der Waals surface area (Å²) in [6.45, 7) is 1.85. The molecule has 0 spiro atoms. The van der Waals surface area contributed by atoms with Crippen molar-refractivity contribution in [1.82, 2.24) is 10.6 Å². The Morgan fingerprint density at radius 1 is 1.29 bits per heavy atom. The number of hydrogen-bond acceptors (Lipinski definition) is 3. The highest BCUT2D eigenvalue weighted by Crippen LogP contribution is 2.16. The van der Waals surface area contributed by atoms with Gasteiger partial charge in [0.2, 0.25) is 5.91 Å². The van der Waals surface area contributed by atoms with Crippen molar-refractivity contribution in [3.05, 3.63) is 42.0 Å². The summed E-state index contributed by atoms with van der Waals surface area (Å²) in [5.74, 6) is 1.54.